The van der Waals surface area contributed by atoms with Crippen LogP contribution in [0.1, 0.15) is 50.7 Å². The van der Waals surface area contributed by atoms with Crippen molar-refractivity contribution in [2.24, 2.45) is 5.41 Å². The van der Waals surface area contributed by atoms with Crippen molar-refractivity contribution < 1.29 is 18.4 Å². The van der Waals surface area contributed by atoms with Crippen LogP contribution in [0.15, 0.2) is 36.4 Å². The van der Waals surface area contributed by atoms with Crippen LogP contribution in [0.5, 0.6) is 0 Å². The fourth-order valence-corrected chi connectivity index (χ4v) is 6.73. The van der Waals surface area contributed by atoms with Crippen LogP contribution in [0.2, 0.25) is 10.0 Å². The van der Waals surface area contributed by atoms with Gasteiger partial charge in [-0.1, -0.05) is 62.2 Å². The molecule has 10 heteroatoms. The lowest BCUT2D eigenvalue weighted by molar-refractivity contribution is -0.125. The number of anilines is 1. The summed E-state index contributed by atoms with van der Waals surface area (Å²) in [5.41, 5.74) is -0.350. The fraction of sp³-hybridized carbons (Fsp3) is 0.533. The summed E-state index contributed by atoms with van der Waals surface area (Å²) in [5.74, 6) is -2.17. The molecule has 2 aliphatic rings. The number of hydrogen-bond acceptors (Lipinski definition) is 5. The maximum Gasteiger partial charge on any atom is 0.238 e. The molecule has 6 nitrogen and oxygen atoms in total. The van der Waals surface area contributed by atoms with E-state index in [1.165, 1.54) is 6.07 Å². The molecule has 2 aromatic rings. The Morgan fingerprint density at radius 3 is 2.60 bits per heavy atom. The Morgan fingerprint density at radius 1 is 1.25 bits per heavy atom. The molecule has 0 aromatic heterocycles. The number of amides is 1. The predicted octanol–water partition coefficient (Wildman–Crippen LogP) is 5.33. The lowest BCUT2D eigenvalue weighted by Gasteiger charge is -2.39. The number of carbonyl (C=O) groups excluding carboxylic acids is 2. The number of hydrogen-bond donors (Lipinski definition) is 3. The number of nitrogens with one attached hydrogen (secondary N) is 3. The largest absolute Gasteiger partial charge is 0.388 e. The zero-order valence-electron chi connectivity index (χ0n) is 23.5. The van der Waals surface area contributed by atoms with Crippen LogP contribution in [0.4, 0.5) is 14.5 Å². The number of alkyl halides is 1. The topological polar surface area (TPSA) is 73.5 Å². The van der Waals surface area contributed by atoms with Crippen molar-refractivity contribution in [1.29, 1.82) is 0 Å². The van der Waals surface area contributed by atoms with Crippen molar-refractivity contribution in [3.8, 4) is 0 Å². The van der Waals surface area contributed by atoms with Gasteiger partial charge in [-0.05, 0) is 54.6 Å². The summed E-state index contributed by atoms with van der Waals surface area (Å²) in [4.78, 5) is 29.4. The number of halogens is 4. The van der Waals surface area contributed by atoms with Crippen molar-refractivity contribution >= 4 is 41.1 Å². The third-order valence-electron chi connectivity index (χ3n) is 8.21. The minimum absolute atomic E-state index is 0.111. The molecule has 1 amide bonds. The van der Waals surface area contributed by atoms with E-state index in [2.05, 4.69) is 16.0 Å². The molecule has 6 unspecified atom stereocenters. The number of aldehydes is 1. The highest BCUT2D eigenvalue weighted by Gasteiger charge is 2.60. The summed E-state index contributed by atoms with van der Waals surface area (Å²) in [6.45, 7) is 6.96. The van der Waals surface area contributed by atoms with Crippen molar-refractivity contribution in [3.05, 3.63) is 63.4 Å². The number of likely N-dealkylation sites (tertiary alicyclic amines) is 1. The van der Waals surface area contributed by atoms with Gasteiger partial charge < -0.3 is 25.6 Å². The smallest absolute Gasteiger partial charge is 0.238 e. The van der Waals surface area contributed by atoms with Gasteiger partial charge in [-0.3, -0.25) is 4.79 Å². The van der Waals surface area contributed by atoms with E-state index in [1.54, 1.807) is 37.4 Å². The van der Waals surface area contributed by atoms with Gasteiger partial charge in [0, 0.05) is 42.8 Å². The van der Waals surface area contributed by atoms with Crippen molar-refractivity contribution in [2.45, 2.75) is 69.2 Å². The van der Waals surface area contributed by atoms with Gasteiger partial charge in [0.05, 0.1) is 22.5 Å². The zero-order chi connectivity index (χ0) is 29.4. The third kappa shape index (κ3) is 5.87. The minimum atomic E-state index is -1.40. The maximum atomic E-state index is 15.9. The highest BCUT2D eigenvalue weighted by molar-refractivity contribution is 6.31. The van der Waals surface area contributed by atoms with Gasteiger partial charge in [-0.2, -0.15) is 0 Å². The van der Waals surface area contributed by atoms with Crippen LogP contribution >= 0.6 is 23.2 Å². The molecule has 218 valence electrons. The number of nitrogens with zero attached hydrogens (tertiary/aromatic N) is 1. The molecule has 4 rings (SSSR count). The summed E-state index contributed by atoms with van der Waals surface area (Å²) in [6.07, 6.45) is 0.503. The number of rotatable bonds is 7. The molecule has 2 aromatic carbocycles. The second kappa shape index (κ2) is 11.9. The van der Waals surface area contributed by atoms with Gasteiger partial charge in [0.1, 0.15) is 18.3 Å². The van der Waals surface area contributed by atoms with Crippen LogP contribution in [-0.2, 0) is 15.0 Å². The first-order valence-electron chi connectivity index (χ1n) is 13.6. The Hall–Kier alpha value is -2.26. The van der Waals surface area contributed by atoms with E-state index in [0.29, 0.717) is 35.7 Å². The average Bonchev–Trinajstić information content (AvgIpc) is 3.20. The standard InChI is InChI=1S/C30H38Cl2F2N4O2/c1-29(2,3)14-24-30(16-39,19-10-9-17(31)13-23(19)35-4)25(18-7-6-8-20(32)26(18)34)27(37-24)28(40)36-22-11-12-38(5)15-21(22)33/h6-10,13,16,21-22,24-25,27,35,37H,11-12,14-15H2,1-5H3,(H,36,40). The maximum absolute atomic E-state index is 15.9. The molecule has 0 bridgehead atoms. The van der Waals surface area contributed by atoms with Gasteiger partial charge in [-0.15, -0.1) is 0 Å². The van der Waals surface area contributed by atoms with Crippen LogP contribution in [-0.4, -0.2) is 68.6 Å². The van der Waals surface area contributed by atoms with Crippen LogP contribution in [0.25, 0.3) is 0 Å². The zero-order valence-corrected chi connectivity index (χ0v) is 25.0. The average molecular weight is 596 g/mol. The van der Waals surface area contributed by atoms with Gasteiger partial charge in [0.15, 0.2) is 0 Å². The molecule has 40 heavy (non-hydrogen) atoms. The molecule has 0 saturated carbocycles. The normalized spacial score (nSPS) is 29.3. The summed E-state index contributed by atoms with van der Waals surface area (Å²) >= 11 is 12.6. The molecule has 6 atom stereocenters. The highest BCUT2D eigenvalue weighted by atomic mass is 35.5. The quantitative estimate of drug-likeness (QED) is 0.378. The van der Waals surface area contributed by atoms with Gasteiger partial charge in [0.2, 0.25) is 5.91 Å². The lowest BCUT2D eigenvalue weighted by atomic mass is 9.62. The first-order valence-corrected chi connectivity index (χ1v) is 14.3. The molecule has 0 radical (unpaired) electrons. The molecular formula is C30H38Cl2F2N4O2. The molecule has 2 aliphatic heterocycles. The van der Waals surface area contributed by atoms with E-state index < -0.39 is 47.4 Å². The monoisotopic (exact) mass is 594 g/mol. The summed E-state index contributed by atoms with van der Waals surface area (Å²) < 4.78 is 30.8. The fourth-order valence-electron chi connectivity index (χ4n) is 6.37. The Kier molecular flexibility index (Phi) is 9.15. The van der Waals surface area contributed by atoms with Crippen LogP contribution in [0.3, 0.4) is 0 Å². The van der Waals surface area contributed by atoms with E-state index in [-0.39, 0.29) is 22.5 Å². The molecule has 0 spiro atoms. The number of carbonyl (C=O) groups is 2. The van der Waals surface area contributed by atoms with E-state index in [1.807, 2.05) is 32.7 Å². The lowest BCUT2D eigenvalue weighted by Crippen LogP contribution is -2.55. The van der Waals surface area contributed by atoms with E-state index >= 15 is 4.39 Å². The molecular weight excluding hydrogens is 557 g/mol. The summed E-state index contributed by atoms with van der Waals surface area (Å²) in [5, 5.41) is 9.78. The molecule has 2 heterocycles. The van der Waals surface area contributed by atoms with E-state index in [9.17, 15) is 14.0 Å². The Morgan fingerprint density at radius 2 is 1.98 bits per heavy atom. The predicted molar refractivity (Wildman–Crippen MR) is 157 cm³/mol. The molecule has 0 aliphatic carbocycles. The second-order valence-corrected chi connectivity index (χ2v) is 13.1. The van der Waals surface area contributed by atoms with Gasteiger partial charge in [-0.25, -0.2) is 8.78 Å². The molecule has 2 fully saturated rings. The highest BCUT2D eigenvalue weighted by Crippen LogP contribution is 2.53. The van der Waals surface area contributed by atoms with E-state index in [4.69, 9.17) is 23.2 Å². The van der Waals surface area contributed by atoms with Crippen molar-refractivity contribution in [2.75, 3.05) is 32.5 Å². The van der Waals surface area contributed by atoms with Crippen LogP contribution < -0.4 is 16.0 Å². The number of benzene rings is 2. The van der Waals surface area contributed by atoms with Crippen molar-refractivity contribution in [1.82, 2.24) is 15.5 Å². The van der Waals surface area contributed by atoms with Crippen LogP contribution in [0, 0.1) is 11.2 Å². The molecule has 3 N–H and O–H groups in total. The minimum Gasteiger partial charge on any atom is -0.388 e. The van der Waals surface area contributed by atoms with Gasteiger partial charge in [0.25, 0.3) is 0 Å². The molecule has 2 saturated heterocycles. The summed E-state index contributed by atoms with van der Waals surface area (Å²) in [6, 6.07) is 7.44. The SMILES string of the molecule is CNc1cc(Cl)ccc1C1(C=O)C(CC(C)(C)C)NC(C(=O)NC2CCN(C)CC2F)C1c1cccc(Cl)c1F. The van der Waals surface area contributed by atoms with Gasteiger partial charge >= 0.3 is 0 Å². The van der Waals surface area contributed by atoms with E-state index in [0.717, 1.165) is 6.29 Å². The Labute approximate surface area is 245 Å². The van der Waals surface area contributed by atoms with Crippen molar-refractivity contribution in [3.63, 3.8) is 0 Å². The number of piperidine rings is 1. The first kappa shape index (κ1) is 30.7. The Bertz CT molecular complexity index is 1260. The Balaban J connectivity index is 1.92. The summed E-state index contributed by atoms with van der Waals surface area (Å²) in [7, 11) is 3.55. The third-order valence-corrected chi connectivity index (χ3v) is 8.73. The second-order valence-electron chi connectivity index (χ2n) is 12.3. The first-order chi connectivity index (χ1) is 18.8.